The minimum absolute atomic E-state index is 0.00966. The van der Waals surface area contributed by atoms with Crippen LogP contribution in [0.4, 0.5) is 0 Å². The fraction of sp³-hybridized carbons (Fsp3) is 0.150. The molecule has 0 aliphatic carbocycles. The second-order valence-electron chi connectivity index (χ2n) is 5.94. The predicted molar refractivity (Wildman–Crippen MR) is 101 cm³/mol. The number of fused-ring (bicyclic) bond motifs is 1. The van der Waals surface area contributed by atoms with E-state index in [9.17, 15) is 14.9 Å². The molecule has 3 rings (SSSR count). The SMILES string of the molecule is CC(NC(=O)Cn1cc(C#N)c(=O)c2ccccc21)c1ccccc1Cl. The number of amides is 1. The van der Waals surface area contributed by atoms with E-state index in [1.807, 2.05) is 31.2 Å². The van der Waals surface area contributed by atoms with Gasteiger partial charge < -0.3 is 9.88 Å². The van der Waals surface area contributed by atoms with Crippen LogP contribution in [0, 0.1) is 11.3 Å². The van der Waals surface area contributed by atoms with E-state index in [0.29, 0.717) is 15.9 Å². The molecule has 0 aliphatic heterocycles. The van der Waals surface area contributed by atoms with Crippen molar-refractivity contribution >= 4 is 28.4 Å². The molecule has 1 amide bonds. The van der Waals surface area contributed by atoms with Crippen LogP contribution in [0.2, 0.25) is 5.02 Å². The summed E-state index contributed by atoms with van der Waals surface area (Å²) in [6, 6.07) is 15.9. The van der Waals surface area contributed by atoms with Gasteiger partial charge in [-0.05, 0) is 30.7 Å². The number of benzene rings is 2. The van der Waals surface area contributed by atoms with Crippen LogP contribution in [0.3, 0.4) is 0 Å². The number of hydrogen-bond donors (Lipinski definition) is 1. The van der Waals surface area contributed by atoms with Crippen LogP contribution in [-0.2, 0) is 11.3 Å². The Balaban J connectivity index is 1.88. The number of nitrogens with zero attached hydrogens (tertiary/aromatic N) is 2. The Morgan fingerprint density at radius 3 is 2.65 bits per heavy atom. The third-order valence-electron chi connectivity index (χ3n) is 4.17. The Bertz CT molecular complexity index is 1080. The fourth-order valence-electron chi connectivity index (χ4n) is 2.90. The van der Waals surface area contributed by atoms with Crippen LogP contribution >= 0.6 is 11.6 Å². The first kappa shape index (κ1) is 17.7. The summed E-state index contributed by atoms with van der Waals surface area (Å²) in [4.78, 5) is 24.7. The molecule has 0 saturated heterocycles. The van der Waals surface area contributed by atoms with Crippen LogP contribution in [0.1, 0.15) is 24.1 Å². The van der Waals surface area contributed by atoms with Crippen molar-refractivity contribution in [2.24, 2.45) is 0 Å². The maximum Gasteiger partial charge on any atom is 0.240 e. The number of carbonyl (C=O) groups excluding carboxylic acids is 1. The monoisotopic (exact) mass is 365 g/mol. The Labute approximate surface area is 155 Å². The van der Waals surface area contributed by atoms with Crippen molar-refractivity contribution in [3.63, 3.8) is 0 Å². The third-order valence-corrected chi connectivity index (χ3v) is 4.52. The first-order chi connectivity index (χ1) is 12.5. The maximum atomic E-state index is 12.5. The van der Waals surface area contributed by atoms with E-state index < -0.39 is 0 Å². The van der Waals surface area contributed by atoms with Crippen molar-refractivity contribution in [1.82, 2.24) is 9.88 Å². The number of hydrogen-bond acceptors (Lipinski definition) is 3. The largest absolute Gasteiger partial charge is 0.348 e. The van der Waals surface area contributed by atoms with Gasteiger partial charge in [-0.3, -0.25) is 9.59 Å². The van der Waals surface area contributed by atoms with Gasteiger partial charge in [-0.15, -0.1) is 0 Å². The number of nitrogens with one attached hydrogen (secondary N) is 1. The average Bonchev–Trinajstić information content (AvgIpc) is 2.64. The van der Waals surface area contributed by atoms with Crippen molar-refractivity contribution in [3.8, 4) is 6.07 Å². The summed E-state index contributed by atoms with van der Waals surface area (Å²) in [7, 11) is 0. The highest BCUT2D eigenvalue weighted by atomic mass is 35.5. The normalized spacial score (nSPS) is 11.7. The van der Waals surface area contributed by atoms with Gasteiger partial charge in [0.1, 0.15) is 18.2 Å². The molecule has 5 nitrogen and oxygen atoms in total. The van der Waals surface area contributed by atoms with E-state index in [-0.39, 0.29) is 29.5 Å². The number of pyridine rings is 1. The molecule has 6 heteroatoms. The average molecular weight is 366 g/mol. The highest BCUT2D eigenvalue weighted by molar-refractivity contribution is 6.31. The summed E-state index contributed by atoms with van der Waals surface area (Å²) in [6.45, 7) is 1.84. The van der Waals surface area contributed by atoms with E-state index in [0.717, 1.165) is 5.56 Å². The van der Waals surface area contributed by atoms with Crippen LogP contribution in [-0.4, -0.2) is 10.5 Å². The zero-order valence-electron chi connectivity index (χ0n) is 14.1. The van der Waals surface area contributed by atoms with Crippen molar-refractivity contribution in [1.29, 1.82) is 5.26 Å². The van der Waals surface area contributed by atoms with Crippen LogP contribution in [0.25, 0.3) is 10.9 Å². The summed E-state index contributed by atoms with van der Waals surface area (Å²) >= 11 is 6.17. The van der Waals surface area contributed by atoms with Gasteiger partial charge in [0.05, 0.1) is 11.6 Å². The molecule has 0 fully saturated rings. The van der Waals surface area contributed by atoms with Gasteiger partial charge in [-0.1, -0.05) is 41.9 Å². The minimum atomic E-state index is -0.329. The van der Waals surface area contributed by atoms with E-state index in [4.69, 9.17) is 11.6 Å². The summed E-state index contributed by atoms with van der Waals surface area (Å²) in [5.41, 5.74) is 1.11. The molecule has 130 valence electrons. The number of halogens is 1. The van der Waals surface area contributed by atoms with Crippen LogP contribution in [0.15, 0.2) is 59.5 Å². The van der Waals surface area contributed by atoms with Gasteiger partial charge in [0.2, 0.25) is 11.3 Å². The van der Waals surface area contributed by atoms with Crippen molar-refractivity contribution < 1.29 is 4.79 Å². The van der Waals surface area contributed by atoms with Crippen LogP contribution < -0.4 is 10.7 Å². The smallest absolute Gasteiger partial charge is 0.240 e. The molecule has 26 heavy (non-hydrogen) atoms. The third kappa shape index (κ3) is 3.46. The van der Waals surface area contributed by atoms with Crippen molar-refractivity contribution in [3.05, 3.63) is 81.1 Å². The van der Waals surface area contributed by atoms with Gasteiger partial charge in [0.25, 0.3) is 0 Å². The second kappa shape index (κ2) is 7.42. The highest BCUT2D eigenvalue weighted by Gasteiger charge is 2.14. The standard InChI is InChI=1S/C20H16ClN3O2/c1-13(15-6-2-4-8-17(15)21)23-19(25)12-24-11-14(10-22)20(26)16-7-3-5-9-18(16)24/h2-9,11,13H,12H2,1H3,(H,23,25). The number of nitriles is 1. The molecule has 0 bridgehead atoms. The van der Waals surface area contributed by atoms with Crippen molar-refractivity contribution in [2.75, 3.05) is 0 Å². The summed E-state index contributed by atoms with van der Waals surface area (Å²) in [5.74, 6) is -0.241. The van der Waals surface area contributed by atoms with E-state index in [1.165, 1.54) is 6.20 Å². The van der Waals surface area contributed by atoms with Gasteiger partial charge in [0.15, 0.2) is 0 Å². The molecule has 1 N–H and O–H groups in total. The molecular weight excluding hydrogens is 350 g/mol. The molecule has 1 aromatic heterocycles. The summed E-state index contributed by atoms with van der Waals surface area (Å²) in [5, 5.41) is 13.1. The lowest BCUT2D eigenvalue weighted by Crippen LogP contribution is -2.31. The molecule has 0 radical (unpaired) electrons. The lowest BCUT2D eigenvalue weighted by atomic mass is 10.1. The Morgan fingerprint density at radius 2 is 1.92 bits per heavy atom. The zero-order chi connectivity index (χ0) is 18.7. The molecular formula is C20H16ClN3O2. The number of para-hydroxylation sites is 1. The topological polar surface area (TPSA) is 74.9 Å². The molecule has 0 saturated carbocycles. The van der Waals surface area contributed by atoms with Gasteiger partial charge in [-0.2, -0.15) is 5.26 Å². The first-order valence-corrected chi connectivity index (χ1v) is 8.45. The second-order valence-corrected chi connectivity index (χ2v) is 6.35. The minimum Gasteiger partial charge on any atom is -0.348 e. The quantitative estimate of drug-likeness (QED) is 0.769. The van der Waals surface area contributed by atoms with E-state index in [2.05, 4.69) is 5.32 Å². The Kier molecular flexibility index (Phi) is 5.06. The predicted octanol–water partition coefficient (Wildman–Crippen LogP) is 3.40. The molecule has 0 spiro atoms. The van der Waals surface area contributed by atoms with Crippen LogP contribution in [0.5, 0.6) is 0 Å². The summed E-state index contributed by atoms with van der Waals surface area (Å²) < 4.78 is 1.62. The van der Waals surface area contributed by atoms with Gasteiger partial charge >= 0.3 is 0 Å². The Hall–Kier alpha value is -3.10. The number of carbonyl (C=O) groups is 1. The fourth-order valence-corrected chi connectivity index (χ4v) is 3.20. The molecule has 3 aromatic rings. The maximum absolute atomic E-state index is 12.5. The number of rotatable bonds is 4. The Morgan fingerprint density at radius 1 is 1.23 bits per heavy atom. The first-order valence-electron chi connectivity index (χ1n) is 8.07. The lowest BCUT2D eigenvalue weighted by molar-refractivity contribution is -0.122. The van der Waals surface area contributed by atoms with Gasteiger partial charge in [-0.25, -0.2) is 0 Å². The molecule has 1 heterocycles. The molecule has 0 aliphatic rings. The zero-order valence-corrected chi connectivity index (χ0v) is 14.8. The number of aromatic nitrogens is 1. The van der Waals surface area contributed by atoms with Gasteiger partial charge in [0, 0.05) is 16.6 Å². The lowest BCUT2D eigenvalue weighted by Gasteiger charge is -2.17. The van der Waals surface area contributed by atoms with E-state index in [1.54, 1.807) is 34.9 Å². The summed E-state index contributed by atoms with van der Waals surface area (Å²) in [6.07, 6.45) is 1.42. The van der Waals surface area contributed by atoms with E-state index >= 15 is 0 Å². The van der Waals surface area contributed by atoms with Crippen molar-refractivity contribution in [2.45, 2.75) is 19.5 Å². The molecule has 1 atom stereocenters. The molecule has 1 unspecified atom stereocenters. The highest BCUT2D eigenvalue weighted by Crippen LogP contribution is 2.22. The molecule has 2 aromatic carbocycles.